The van der Waals surface area contributed by atoms with Crippen LogP contribution in [-0.2, 0) is 11.2 Å². The number of halogens is 2. The lowest BCUT2D eigenvalue weighted by Crippen LogP contribution is -2.43. The fraction of sp³-hybridized carbons (Fsp3) is 0.462. The lowest BCUT2D eigenvalue weighted by atomic mass is 10.1. The van der Waals surface area contributed by atoms with Gasteiger partial charge in [-0.1, -0.05) is 17.7 Å². The first-order valence-electron chi connectivity index (χ1n) is 5.76. The summed E-state index contributed by atoms with van der Waals surface area (Å²) in [7, 11) is 0. The zero-order valence-corrected chi connectivity index (χ0v) is 12.4. The van der Waals surface area contributed by atoms with Crippen LogP contribution in [-0.4, -0.2) is 35.2 Å². The van der Waals surface area contributed by atoms with Gasteiger partial charge in [-0.05, 0) is 25.3 Å². The molecule has 1 amide bonds. The van der Waals surface area contributed by atoms with Crippen LogP contribution in [0.25, 0.3) is 0 Å². The average Bonchev–Trinajstić information content (AvgIpc) is 2.32. The van der Waals surface area contributed by atoms with Gasteiger partial charge in [0.05, 0.1) is 12.0 Å². The van der Waals surface area contributed by atoms with E-state index in [-0.39, 0.29) is 29.5 Å². The molecule has 0 saturated carbocycles. The summed E-state index contributed by atoms with van der Waals surface area (Å²) in [4.78, 5) is 11.7. The molecule has 0 aliphatic heterocycles. The molecule has 0 fully saturated rings. The van der Waals surface area contributed by atoms with Crippen LogP contribution >= 0.6 is 23.4 Å². The van der Waals surface area contributed by atoms with Crippen molar-refractivity contribution in [2.75, 3.05) is 18.6 Å². The predicted octanol–water partition coefficient (Wildman–Crippen LogP) is 2.25. The molecule has 1 aromatic rings. The smallest absolute Gasteiger partial charge is 0.224 e. The fourth-order valence-electron chi connectivity index (χ4n) is 1.58. The third kappa shape index (κ3) is 5.38. The maximum atomic E-state index is 13.5. The van der Waals surface area contributed by atoms with Crippen LogP contribution < -0.4 is 5.32 Å². The van der Waals surface area contributed by atoms with Crippen LogP contribution in [0, 0.1) is 5.82 Å². The molecule has 1 atom stereocenters. The SMILES string of the molecule is CSCC(C)(O)CNC(=O)Cc1c(F)cccc1Cl. The Kier molecular flexibility index (Phi) is 6.10. The van der Waals surface area contributed by atoms with Gasteiger partial charge < -0.3 is 10.4 Å². The van der Waals surface area contributed by atoms with Gasteiger partial charge in [0.25, 0.3) is 0 Å². The normalized spacial score (nSPS) is 13.9. The number of rotatable bonds is 6. The summed E-state index contributed by atoms with van der Waals surface area (Å²) in [6, 6.07) is 4.29. The third-order valence-corrected chi connectivity index (χ3v) is 3.79. The number of benzene rings is 1. The Bertz CT molecular complexity index is 434. The number of carbonyl (C=O) groups is 1. The van der Waals surface area contributed by atoms with Gasteiger partial charge >= 0.3 is 0 Å². The van der Waals surface area contributed by atoms with Crippen molar-refractivity contribution < 1.29 is 14.3 Å². The minimum atomic E-state index is -0.978. The summed E-state index contributed by atoms with van der Waals surface area (Å²) in [5, 5.41) is 12.7. The van der Waals surface area contributed by atoms with Crippen molar-refractivity contribution in [1.82, 2.24) is 5.32 Å². The highest BCUT2D eigenvalue weighted by atomic mass is 35.5. The number of hydrogen-bond donors (Lipinski definition) is 2. The third-order valence-electron chi connectivity index (χ3n) is 2.52. The molecule has 3 nitrogen and oxygen atoms in total. The summed E-state index contributed by atoms with van der Waals surface area (Å²) in [6.45, 7) is 1.76. The maximum absolute atomic E-state index is 13.5. The van der Waals surface area contributed by atoms with E-state index in [2.05, 4.69) is 5.32 Å². The monoisotopic (exact) mass is 305 g/mol. The van der Waals surface area contributed by atoms with Gasteiger partial charge in [0.1, 0.15) is 5.82 Å². The lowest BCUT2D eigenvalue weighted by Gasteiger charge is -2.22. The second-order valence-electron chi connectivity index (χ2n) is 4.58. The Labute approximate surface area is 121 Å². The minimum absolute atomic E-state index is 0.124. The van der Waals surface area contributed by atoms with Gasteiger partial charge in [-0.15, -0.1) is 0 Å². The lowest BCUT2D eigenvalue weighted by molar-refractivity contribution is -0.121. The van der Waals surface area contributed by atoms with Gasteiger partial charge in [0.15, 0.2) is 0 Å². The first kappa shape index (κ1) is 16.3. The standard InChI is InChI=1S/C13H17ClFNO2S/c1-13(18,8-19-2)7-16-12(17)6-9-10(14)4-3-5-11(9)15/h3-5,18H,6-8H2,1-2H3,(H,16,17). The number of thioether (sulfide) groups is 1. The second-order valence-corrected chi connectivity index (χ2v) is 5.86. The van der Waals surface area contributed by atoms with Crippen molar-refractivity contribution in [3.05, 3.63) is 34.6 Å². The molecule has 1 unspecified atom stereocenters. The van der Waals surface area contributed by atoms with Crippen LogP contribution in [0.15, 0.2) is 18.2 Å². The summed E-state index contributed by atoms with van der Waals surface area (Å²) >= 11 is 7.33. The summed E-state index contributed by atoms with van der Waals surface area (Å²) in [6.07, 6.45) is 1.73. The molecule has 106 valence electrons. The Balaban J connectivity index is 2.57. The molecule has 0 aliphatic rings. The fourth-order valence-corrected chi connectivity index (χ4v) is 2.53. The molecule has 0 bridgehead atoms. The zero-order valence-electron chi connectivity index (χ0n) is 10.9. The van der Waals surface area contributed by atoms with Crippen LogP contribution in [0.3, 0.4) is 0 Å². The van der Waals surface area contributed by atoms with Crippen molar-refractivity contribution in [3.8, 4) is 0 Å². The van der Waals surface area contributed by atoms with E-state index in [0.29, 0.717) is 5.75 Å². The largest absolute Gasteiger partial charge is 0.387 e. The van der Waals surface area contributed by atoms with E-state index in [1.165, 1.54) is 30.0 Å². The van der Waals surface area contributed by atoms with Crippen LogP contribution in [0.5, 0.6) is 0 Å². The maximum Gasteiger partial charge on any atom is 0.224 e. The Morgan fingerprint density at radius 3 is 2.84 bits per heavy atom. The van der Waals surface area contributed by atoms with Gasteiger partial charge in [-0.25, -0.2) is 4.39 Å². The van der Waals surface area contributed by atoms with Crippen LogP contribution in [0.4, 0.5) is 4.39 Å². The summed E-state index contributed by atoms with van der Waals surface area (Å²) in [5.41, 5.74) is -0.806. The molecule has 1 rings (SSSR count). The van der Waals surface area contributed by atoms with E-state index in [1.54, 1.807) is 6.92 Å². The molecule has 0 aliphatic carbocycles. The van der Waals surface area contributed by atoms with E-state index in [1.807, 2.05) is 6.26 Å². The topological polar surface area (TPSA) is 49.3 Å². The highest BCUT2D eigenvalue weighted by molar-refractivity contribution is 7.98. The van der Waals surface area contributed by atoms with Crippen molar-refractivity contribution in [3.63, 3.8) is 0 Å². The molecule has 6 heteroatoms. The molecule has 0 heterocycles. The molecule has 0 radical (unpaired) electrons. The van der Waals surface area contributed by atoms with E-state index in [4.69, 9.17) is 11.6 Å². The Hall–Kier alpha value is -0.780. The quantitative estimate of drug-likeness (QED) is 0.847. The molecule has 0 aromatic heterocycles. The van der Waals surface area contributed by atoms with Gasteiger partial charge in [-0.3, -0.25) is 4.79 Å². The number of amides is 1. The molecular formula is C13H17ClFNO2S. The van der Waals surface area contributed by atoms with Gasteiger partial charge in [0.2, 0.25) is 5.91 Å². The molecule has 0 spiro atoms. The highest BCUT2D eigenvalue weighted by Gasteiger charge is 2.21. The predicted molar refractivity (Wildman–Crippen MR) is 77.1 cm³/mol. The van der Waals surface area contributed by atoms with Crippen LogP contribution in [0.2, 0.25) is 5.02 Å². The molecule has 0 saturated heterocycles. The summed E-state index contributed by atoms with van der Waals surface area (Å²) < 4.78 is 13.5. The average molecular weight is 306 g/mol. The first-order valence-corrected chi connectivity index (χ1v) is 7.54. The number of nitrogens with one attached hydrogen (secondary N) is 1. The Morgan fingerprint density at radius 1 is 1.58 bits per heavy atom. The zero-order chi connectivity index (χ0) is 14.5. The van der Waals surface area contributed by atoms with E-state index in [9.17, 15) is 14.3 Å². The number of carbonyl (C=O) groups excluding carboxylic acids is 1. The molecule has 1 aromatic carbocycles. The minimum Gasteiger partial charge on any atom is -0.387 e. The molecule has 19 heavy (non-hydrogen) atoms. The van der Waals surface area contributed by atoms with Crippen molar-refractivity contribution in [2.45, 2.75) is 18.9 Å². The van der Waals surface area contributed by atoms with E-state index >= 15 is 0 Å². The number of hydrogen-bond acceptors (Lipinski definition) is 3. The first-order chi connectivity index (χ1) is 8.85. The highest BCUT2D eigenvalue weighted by Crippen LogP contribution is 2.19. The van der Waals surface area contributed by atoms with Crippen molar-refractivity contribution in [1.29, 1.82) is 0 Å². The van der Waals surface area contributed by atoms with E-state index < -0.39 is 11.4 Å². The summed E-state index contributed by atoms with van der Waals surface area (Å²) in [5.74, 6) is -0.361. The molecule has 2 N–H and O–H groups in total. The van der Waals surface area contributed by atoms with Crippen LogP contribution in [0.1, 0.15) is 12.5 Å². The van der Waals surface area contributed by atoms with Crippen molar-refractivity contribution in [2.24, 2.45) is 0 Å². The Morgan fingerprint density at radius 2 is 2.26 bits per heavy atom. The van der Waals surface area contributed by atoms with Crippen molar-refractivity contribution >= 4 is 29.3 Å². The second kappa shape index (κ2) is 7.12. The van der Waals surface area contributed by atoms with E-state index in [0.717, 1.165) is 0 Å². The van der Waals surface area contributed by atoms with Gasteiger partial charge in [0, 0.05) is 22.9 Å². The molecular weight excluding hydrogens is 289 g/mol. The number of aliphatic hydroxyl groups is 1. The van der Waals surface area contributed by atoms with Gasteiger partial charge in [-0.2, -0.15) is 11.8 Å².